The van der Waals surface area contributed by atoms with Crippen molar-refractivity contribution in [1.82, 2.24) is 4.90 Å². The Bertz CT molecular complexity index is 421. The molecular weight excluding hydrogens is 250 g/mol. The summed E-state index contributed by atoms with van der Waals surface area (Å²) in [7, 11) is 0. The minimum Gasteiger partial charge on any atom is -0.392 e. The predicted octanol–water partition coefficient (Wildman–Crippen LogP) is 2.65. The Labute approximate surface area is 122 Å². The fraction of sp³-hybridized carbons (Fsp3) is 0.647. The molecule has 3 nitrogen and oxygen atoms in total. The molecule has 1 aliphatic rings. The summed E-state index contributed by atoms with van der Waals surface area (Å²) in [4.78, 5) is 2.27. The molecule has 0 bridgehead atoms. The number of aliphatic hydroxyl groups is 2. The Morgan fingerprint density at radius 2 is 2.00 bits per heavy atom. The van der Waals surface area contributed by atoms with Gasteiger partial charge in [-0.05, 0) is 43.9 Å². The number of hydrogen-bond acceptors (Lipinski definition) is 3. The van der Waals surface area contributed by atoms with Gasteiger partial charge in [-0.1, -0.05) is 37.6 Å². The Morgan fingerprint density at radius 1 is 1.25 bits per heavy atom. The lowest BCUT2D eigenvalue weighted by molar-refractivity contribution is -0.00130. The van der Waals surface area contributed by atoms with Gasteiger partial charge < -0.3 is 10.2 Å². The van der Waals surface area contributed by atoms with Crippen LogP contribution in [0.15, 0.2) is 24.3 Å². The summed E-state index contributed by atoms with van der Waals surface area (Å²) in [6, 6.07) is 8.20. The average molecular weight is 277 g/mol. The van der Waals surface area contributed by atoms with Crippen molar-refractivity contribution in [3.63, 3.8) is 0 Å². The third kappa shape index (κ3) is 3.60. The van der Waals surface area contributed by atoms with Gasteiger partial charge in [0.2, 0.25) is 0 Å². The number of aryl methyl sites for hydroxylation is 1. The molecule has 1 saturated heterocycles. The fourth-order valence-corrected chi connectivity index (χ4v) is 3.23. The van der Waals surface area contributed by atoms with Gasteiger partial charge in [0.25, 0.3) is 0 Å². The number of likely N-dealkylation sites (tertiary alicyclic amines) is 1. The molecule has 0 radical (unpaired) electrons. The van der Waals surface area contributed by atoms with Gasteiger partial charge in [-0.25, -0.2) is 0 Å². The molecular formula is C17H27NO2. The molecule has 3 heteroatoms. The molecule has 3 unspecified atom stereocenters. The van der Waals surface area contributed by atoms with Crippen LogP contribution in [0.2, 0.25) is 0 Å². The second-order valence-electron chi connectivity index (χ2n) is 5.91. The molecule has 0 spiro atoms. The van der Waals surface area contributed by atoms with E-state index in [0.29, 0.717) is 6.54 Å². The zero-order chi connectivity index (χ0) is 14.5. The monoisotopic (exact) mass is 277 g/mol. The van der Waals surface area contributed by atoms with E-state index in [1.165, 1.54) is 6.42 Å². The van der Waals surface area contributed by atoms with Crippen LogP contribution < -0.4 is 0 Å². The lowest BCUT2D eigenvalue weighted by Crippen LogP contribution is -2.48. The average Bonchev–Trinajstić information content (AvgIpc) is 2.47. The van der Waals surface area contributed by atoms with E-state index in [2.05, 4.69) is 4.90 Å². The summed E-state index contributed by atoms with van der Waals surface area (Å²) in [6.45, 7) is 5.65. The van der Waals surface area contributed by atoms with Gasteiger partial charge >= 0.3 is 0 Å². The highest BCUT2D eigenvalue weighted by molar-refractivity contribution is 5.27. The standard InChI is InChI=1S/C17H27NO2/c1-3-16(19)15-10-6-7-11-18(15)12-17(20)14-9-5-4-8-13(14)2/h4-5,8-9,15-17,19-20H,3,6-7,10-12H2,1-2H3. The van der Waals surface area contributed by atoms with Crippen LogP contribution in [0.5, 0.6) is 0 Å². The van der Waals surface area contributed by atoms with Crippen molar-refractivity contribution < 1.29 is 10.2 Å². The van der Waals surface area contributed by atoms with Crippen molar-refractivity contribution in [3.8, 4) is 0 Å². The minimum atomic E-state index is -0.471. The van der Waals surface area contributed by atoms with Crippen LogP contribution in [0.4, 0.5) is 0 Å². The molecule has 1 fully saturated rings. The largest absolute Gasteiger partial charge is 0.392 e. The lowest BCUT2D eigenvalue weighted by Gasteiger charge is -2.39. The summed E-state index contributed by atoms with van der Waals surface area (Å²) in [5, 5.41) is 20.7. The molecule has 1 heterocycles. The SMILES string of the molecule is CCC(O)C1CCCCN1CC(O)c1ccccc1C. The highest BCUT2D eigenvalue weighted by Crippen LogP contribution is 2.25. The molecule has 2 N–H and O–H groups in total. The molecule has 0 aromatic heterocycles. The summed E-state index contributed by atoms with van der Waals surface area (Å²) in [5.41, 5.74) is 2.13. The Morgan fingerprint density at radius 3 is 2.70 bits per heavy atom. The van der Waals surface area contributed by atoms with E-state index in [-0.39, 0.29) is 12.1 Å². The lowest BCUT2D eigenvalue weighted by atomic mass is 9.94. The first-order chi connectivity index (χ1) is 9.63. The molecule has 0 aliphatic carbocycles. The number of aliphatic hydroxyl groups excluding tert-OH is 2. The summed E-state index contributed by atoms with van der Waals surface area (Å²) in [5.74, 6) is 0. The number of β-amino-alcohol motifs (C(OH)–C–C–N with tert-alkyl or cyclic N) is 1. The van der Waals surface area contributed by atoms with Crippen LogP contribution in [0.25, 0.3) is 0 Å². The number of piperidine rings is 1. The van der Waals surface area contributed by atoms with Crippen LogP contribution in [-0.2, 0) is 0 Å². The van der Waals surface area contributed by atoms with Gasteiger partial charge in [-0.15, -0.1) is 0 Å². The van der Waals surface area contributed by atoms with Crippen LogP contribution in [0.3, 0.4) is 0 Å². The Balaban J connectivity index is 2.05. The zero-order valence-corrected chi connectivity index (χ0v) is 12.6. The molecule has 0 saturated carbocycles. The Hall–Kier alpha value is -0.900. The topological polar surface area (TPSA) is 43.7 Å². The van der Waals surface area contributed by atoms with Crippen LogP contribution >= 0.6 is 0 Å². The van der Waals surface area contributed by atoms with E-state index in [1.807, 2.05) is 38.1 Å². The van der Waals surface area contributed by atoms with Crippen LogP contribution in [0, 0.1) is 6.92 Å². The number of benzene rings is 1. The van der Waals surface area contributed by atoms with E-state index in [4.69, 9.17) is 0 Å². The maximum atomic E-state index is 10.5. The third-order valence-corrected chi connectivity index (χ3v) is 4.48. The molecule has 1 aliphatic heterocycles. The molecule has 3 atom stereocenters. The predicted molar refractivity (Wildman–Crippen MR) is 81.6 cm³/mol. The van der Waals surface area contributed by atoms with Crippen LogP contribution in [0.1, 0.15) is 49.8 Å². The van der Waals surface area contributed by atoms with E-state index in [0.717, 1.165) is 36.9 Å². The first kappa shape index (κ1) is 15.5. The van der Waals surface area contributed by atoms with Crippen molar-refractivity contribution in [2.75, 3.05) is 13.1 Å². The second kappa shape index (κ2) is 7.21. The van der Waals surface area contributed by atoms with Gasteiger partial charge in [-0.3, -0.25) is 4.90 Å². The van der Waals surface area contributed by atoms with E-state index in [1.54, 1.807) is 0 Å². The van der Waals surface area contributed by atoms with Gasteiger partial charge in [-0.2, -0.15) is 0 Å². The number of nitrogens with zero attached hydrogens (tertiary/aromatic N) is 1. The van der Waals surface area contributed by atoms with Crippen molar-refractivity contribution in [1.29, 1.82) is 0 Å². The van der Waals surface area contributed by atoms with Gasteiger partial charge in [0.15, 0.2) is 0 Å². The van der Waals surface area contributed by atoms with E-state index >= 15 is 0 Å². The van der Waals surface area contributed by atoms with E-state index in [9.17, 15) is 10.2 Å². The van der Waals surface area contributed by atoms with Gasteiger partial charge in [0.05, 0.1) is 12.2 Å². The zero-order valence-electron chi connectivity index (χ0n) is 12.6. The summed E-state index contributed by atoms with van der Waals surface area (Å²) < 4.78 is 0. The molecule has 0 amide bonds. The quantitative estimate of drug-likeness (QED) is 0.869. The third-order valence-electron chi connectivity index (χ3n) is 4.48. The second-order valence-corrected chi connectivity index (χ2v) is 5.91. The highest BCUT2D eigenvalue weighted by Gasteiger charge is 2.29. The van der Waals surface area contributed by atoms with Crippen molar-refractivity contribution >= 4 is 0 Å². The van der Waals surface area contributed by atoms with Crippen molar-refractivity contribution in [3.05, 3.63) is 35.4 Å². The molecule has 1 aromatic carbocycles. The number of hydrogen-bond donors (Lipinski definition) is 2. The normalized spacial score (nSPS) is 23.5. The minimum absolute atomic E-state index is 0.201. The molecule has 2 rings (SSSR count). The summed E-state index contributed by atoms with van der Waals surface area (Å²) >= 11 is 0. The van der Waals surface area contributed by atoms with Crippen molar-refractivity contribution in [2.45, 2.75) is 57.8 Å². The van der Waals surface area contributed by atoms with Crippen molar-refractivity contribution in [2.24, 2.45) is 0 Å². The van der Waals surface area contributed by atoms with Gasteiger partial charge in [0, 0.05) is 12.6 Å². The van der Waals surface area contributed by atoms with E-state index < -0.39 is 6.10 Å². The maximum Gasteiger partial charge on any atom is 0.0919 e. The molecule has 112 valence electrons. The van der Waals surface area contributed by atoms with Crippen LogP contribution in [-0.4, -0.2) is 40.3 Å². The Kier molecular flexibility index (Phi) is 5.58. The molecule has 20 heavy (non-hydrogen) atoms. The number of rotatable bonds is 5. The van der Waals surface area contributed by atoms with Gasteiger partial charge in [0.1, 0.15) is 0 Å². The first-order valence-electron chi connectivity index (χ1n) is 7.79. The maximum absolute atomic E-state index is 10.5. The highest BCUT2D eigenvalue weighted by atomic mass is 16.3. The summed E-state index contributed by atoms with van der Waals surface area (Å²) in [6.07, 6.45) is 3.41. The molecule has 1 aromatic rings. The fourth-order valence-electron chi connectivity index (χ4n) is 3.23. The first-order valence-corrected chi connectivity index (χ1v) is 7.79. The smallest absolute Gasteiger partial charge is 0.0919 e.